The van der Waals surface area contributed by atoms with Crippen LogP contribution < -0.4 is 11.2 Å². The summed E-state index contributed by atoms with van der Waals surface area (Å²) >= 11 is 0. The van der Waals surface area contributed by atoms with E-state index < -0.39 is 0 Å². The van der Waals surface area contributed by atoms with E-state index in [0.717, 1.165) is 5.56 Å². The summed E-state index contributed by atoms with van der Waals surface area (Å²) in [6.07, 6.45) is 1.77. The highest BCUT2D eigenvalue weighted by molar-refractivity contribution is 5.08. The average molecular weight is 195 g/mol. The van der Waals surface area contributed by atoms with Crippen molar-refractivity contribution in [3.05, 3.63) is 27.7 Å². The summed E-state index contributed by atoms with van der Waals surface area (Å²) in [7, 11) is 0. The third-order valence-corrected chi connectivity index (χ3v) is 2.21. The van der Waals surface area contributed by atoms with E-state index in [1.54, 1.807) is 10.8 Å². The number of rotatable bonds is 2. The number of H-pyrrole nitrogens is 1. The fourth-order valence-corrected chi connectivity index (χ4v) is 1.34. The molecule has 0 saturated heterocycles. The molecule has 0 atom stereocenters. The molecule has 2 N–H and O–H groups in total. The Balaban J connectivity index is 3.43. The van der Waals surface area contributed by atoms with Gasteiger partial charge in [-0.2, -0.15) is 0 Å². The van der Waals surface area contributed by atoms with E-state index in [-0.39, 0.29) is 23.1 Å². The molecule has 0 radical (unpaired) electrons. The quantitative estimate of drug-likeness (QED) is 0.735. The molecule has 1 rings (SSSR count). The molecule has 14 heavy (non-hydrogen) atoms. The normalized spacial score (nSPS) is 11.3. The van der Waals surface area contributed by atoms with E-state index in [1.165, 1.54) is 0 Å². The van der Waals surface area contributed by atoms with Crippen LogP contribution in [-0.2, 0) is 0 Å². The van der Waals surface area contributed by atoms with Crippen LogP contribution in [0, 0.1) is 5.41 Å². The van der Waals surface area contributed by atoms with E-state index in [0.29, 0.717) is 0 Å². The van der Waals surface area contributed by atoms with Gasteiger partial charge in [-0.05, 0) is 19.8 Å². The van der Waals surface area contributed by atoms with Crippen LogP contribution in [0.15, 0.2) is 11.0 Å². The fraction of sp³-hybridized carbons (Fsp3) is 0.600. The van der Waals surface area contributed by atoms with Crippen LogP contribution in [-0.4, -0.2) is 9.55 Å². The lowest BCUT2D eigenvalue weighted by atomic mass is 10.1. The van der Waals surface area contributed by atoms with Crippen molar-refractivity contribution in [2.24, 2.45) is 0 Å². The Morgan fingerprint density at radius 1 is 1.36 bits per heavy atom. The van der Waals surface area contributed by atoms with E-state index in [9.17, 15) is 4.79 Å². The van der Waals surface area contributed by atoms with Crippen LogP contribution in [0.5, 0.6) is 0 Å². The molecule has 4 nitrogen and oxygen atoms in total. The van der Waals surface area contributed by atoms with Gasteiger partial charge in [0.15, 0.2) is 0 Å². The molecule has 0 fully saturated rings. The minimum absolute atomic E-state index is 0.122. The molecule has 0 aliphatic rings. The molecule has 0 spiro atoms. The summed E-state index contributed by atoms with van der Waals surface area (Å²) in [6, 6.07) is 0.122. The summed E-state index contributed by atoms with van der Waals surface area (Å²) in [5, 5.41) is 7.61. The Bertz CT molecular complexity index is 388. The second kappa shape index (κ2) is 3.82. The minimum atomic E-state index is -0.214. The third kappa shape index (κ3) is 1.95. The number of aromatic nitrogens is 2. The van der Waals surface area contributed by atoms with Crippen LogP contribution in [0.4, 0.5) is 0 Å². The van der Waals surface area contributed by atoms with Gasteiger partial charge in [0.25, 0.3) is 0 Å². The maximum Gasteiger partial charge on any atom is 0.327 e. The molecule has 0 saturated carbocycles. The second-order valence-electron chi connectivity index (χ2n) is 4.05. The van der Waals surface area contributed by atoms with Gasteiger partial charge in [0.05, 0.1) is 0 Å². The Hall–Kier alpha value is -1.32. The molecule has 0 amide bonds. The van der Waals surface area contributed by atoms with Crippen molar-refractivity contribution in [1.29, 1.82) is 5.41 Å². The van der Waals surface area contributed by atoms with Gasteiger partial charge in [-0.3, -0.25) is 15.0 Å². The maximum atomic E-state index is 11.4. The summed E-state index contributed by atoms with van der Waals surface area (Å²) in [5.74, 6) is 0.254. The van der Waals surface area contributed by atoms with Crippen molar-refractivity contribution in [2.45, 2.75) is 39.7 Å². The number of nitrogens with zero attached hydrogens (tertiary/aromatic N) is 1. The summed E-state index contributed by atoms with van der Waals surface area (Å²) < 4.78 is 1.62. The first-order valence-corrected chi connectivity index (χ1v) is 4.83. The molecule has 0 aromatic carbocycles. The zero-order valence-electron chi connectivity index (χ0n) is 9.09. The van der Waals surface area contributed by atoms with Gasteiger partial charge in [0.2, 0.25) is 0 Å². The number of hydrogen-bond acceptors (Lipinski definition) is 2. The zero-order valence-corrected chi connectivity index (χ0v) is 9.09. The molecule has 0 aliphatic heterocycles. The summed E-state index contributed by atoms with van der Waals surface area (Å²) in [5.41, 5.74) is 0.884. The SMILES string of the molecule is CC(C)c1cn(C(C)C)c(=O)[nH]c1=N. The van der Waals surface area contributed by atoms with Crippen LogP contribution in [0.3, 0.4) is 0 Å². The van der Waals surface area contributed by atoms with Crippen LogP contribution >= 0.6 is 0 Å². The van der Waals surface area contributed by atoms with Crippen LogP contribution in [0.2, 0.25) is 0 Å². The van der Waals surface area contributed by atoms with E-state index >= 15 is 0 Å². The van der Waals surface area contributed by atoms with E-state index in [1.807, 2.05) is 27.7 Å². The monoisotopic (exact) mass is 195 g/mol. The molecule has 0 bridgehead atoms. The standard InChI is InChI=1S/C10H17N3O/c1-6(2)8-5-13(7(3)4)10(14)12-9(8)11/h5-7H,1-4H3,(H2,11,12,14). The molecule has 78 valence electrons. The Kier molecular flexibility index (Phi) is 2.93. The molecule has 0 aliphatic carbocycles. The molecular formula is C10H17N3O. The largest absolute Gasteiger partial charge is 0.327 e. The highest BCUT2D eigenvalue weighted by Crippen LogP contribution is 2.08. The van der Waals surface area contributed by atoms with Gasteiger partial charge >= 0.3 is 5.69 Å². The third-order valence-electron chi connectivity index (χ3n) is 2.21. The van der Waals surface area contributed by atoms with Crippen molar-refractivity contribution in [1.82, 2.24) is 9.55 Å². The molecule has 0 unspecified atom stereocenters. The van der Waals surface area contributed by atoms with Crippen molar-refractivity contribution < 1.29 is 0 Å². The van der Waals surface area contributed by atoms with Gasteiger partial charge in [-0.1, -0.05) is 13.8 Å². The predicted octanol–water partition coefficient (Wildman–Crippen LogP) is 1.36. The zero-order chi connectivity index (χ0) is 10.9. The topological polar surface area (TPSA) is 61.6 Å². The lowest BCUT2D eigenvalue weighted by molar-refractivity contribution is 0.549. The Labute approximate surface area is 83.1 Å². The summed E-state index contributed by atoms with van der Waals surface area (Å²) in [4.78, 5) is 14.0. The van der Waals surface area contributed by atoms with Gasteiger partial charge in [-0.15, -0.1) is 0 Å². The Morgan fingerprint density at radius 3 is 2.36 bits per heavy atom. The Morgan fingerprint density at radius 2 is 1.93 bits per heavy atom. The van der Waals surface area contributed by atoms with Gasteiger partial charge in [0.1, 0.15) is 5.49 Å². The molecule has 4 heteroatoms. The minimum Gasteiger partial charge on any atom is -0.298 e. The van der Waals surface area contributed by atoms with Crippen molar-refractivity contribution in [2.75, 3.05) is 0 Å². The predicted molar refractivity (Wildman–Crippen MR) is 55.4 cm³/mol. The number of nitrogens with one attached hydrogen (secondary N) is 2. The van der Waals surface area contributed by atoms with Crippen LogP contribution in [0.1, 0.15) is 45.2 Å². The lowest BCUT2D eigenvalue weighted by Gasteiger charge is -2.13. The molecule has 1 aromatic rings. The number of aromatic amines is 1. The smallest absolute Gasteiger partial charge is 0.298 e. The van der Waals surface area contributed by atoms with Crippen molar-refractivity contribution in [3.8, 4) is 0 Å². The molecule has 1 aromatic heterocycles. The van der Waals surface area contributed by atoms with E-state index in [4.69, 9.17) is 5.41 Å². The summed E-state index contributed by atoms with van der Waals surface area (Å²) in [6.45, 7) is 7.92. The van der Waals surface area contributed by atoms with E-state index in [2.05, 4.69) is 4.98 Å². The second-order valence-corrected chi connectivity index (χ2v) is 4.05. The first kappa shape index (κ1) is 10.8. The van der Waals surface area contributed by atoms with Gasteiger partial charge in [0, 0.05) is 17.8 Å². The van der Waals surface area contributed by atoms with Crippen molar-refractivity contribution in [3.63, 3.8) is 0 Å². The molecule has 1 heterocycles. The highest BCUT2D eigenvalue weighted by Gasteiger charge is 2.07. The van der Waals surface area contributed by atoms with Crippen molar-refractivity contribution >= 4 is 0 Å². The average Bonchev–Trinajstić information content (AvgIpc) is 2.02. The molecular weight excluding hydrogens is 178 g/mol. The van der Waals surface area contributed by atoms with Crippen LogP contribution in [0.25, 0.3) is 0 Å². The van der Waals surface area contributed by atoms with Gasteiger partial charge in [-0.25, -0.2) is 4.79 Å². The highest BCUT2D eigenvalue weighted by atomic mass is 16.1. The number of hydrogen-bond donors (Lipinski definition) is 2. The lowest BCUT2D eigenvalue weighted by Crippen LogP contribution is -2.33. The fourth-order valence-electron chi connectivity index (χ4n) is 1.34. The van der Waals surface area contributed by atoms with Gasteiger partial charge < -0.3 is 0 Å². The maximum absolute atomic E-state index is 11.4. The first-order chi connectivity index (χ1) is 6.43. The first-order valence-electron chi connectivity index (χ1n) is 4.83.